The number of fused-ring (bicyclic) bond motifs is 1. The summed E-state index contributed by atoms with van der Waals surface area (Å²) < 4.78 is 1.19. The zero-order valence-corrected chi connectivity index (χ0v) is 10.8. The van der Waals surface area contributed by atoms with E-state index >= 15 is 0 Å². The van der Waals surface area contributed by atoms with Crippen LogP contribution in [0.15, 0.2) is 18.2 Å². The number of hydrogen-bond acceptors (Lipinski definition) is 4. The first-order valence-electron chi connectivity index (χ1n) is 6.17. The van der Waals surface area contributed by atoms with Gasteiger partial charge in [-0.2, -0.15) is 0 Å². The first kappa shape index (κ1) is 10.8. The van der Waals surface area contributed by atoms with Gasteiger partial charge in [0.1, 0.15) is 0 Å². The van der Waals surface area contributed by atoms with Gasteiger partial charge in [-0.25, -0.2) is 4.98 Å². The lowest BCUT2D eigenvalue weighted by molar-refractivity contribution is 0.484. The second-order valence-corrected chi connectivity index (χ2v) is 5.77. The SMILES string of the molecule is CC1CCCCN1c1nc2ccc(N)cc2s1. The summed E-state index contributed by atoms with van der Waals surface area (Å²) in [5.41, 5.74) is 7.69. The summed E-state index contributed by atoms with van der Waals surface area (Å²) in [5.74, 6) is 0. The molecule has 0 radical (unpaired) electrons. The van der Waals surface area contributed by atoms with Gasteiger partial charge in [-0.1, -0.05) is 11.3 Å². The molecule has 3 nitrogen and oxygen atoms in total. The van der Waals surface area contributed by atoms with E-state index in [1.807, 2.05) is 18.2 Å². The number of benzene rings is 1. The number of nitrogen functional groups attached to an aromatic ring is 1. The van der Waals surface area contributed by atoms with Crippen LogP contribution in [0.3, 0.4) is 0 Å². The number of aromatic nitrogens is 1. The van der Waals surface area contributed by atoms with Gasteiger partial charge in [-0.15, -0.1) is 0 Å². The van der Waals surface area contributed by atoms with Gasteiger partial charge in [-0.3, -0.25) is 0 Å². The predicted octanol–water partition coefficient (Wildman–Crippen LogP) is 3.26. The Balaban J connectivity index is 1.99. The van der Waals surface area contributed by atoms with Gasteiger partial charge in [0.25, 0.3) is 0 Å². The maximum absolute atomic E-state index is 5.80. The third-order valence-electron chi connectivity index (χ3n) is 3.45. The molecule has 0 amide bonds. The monoisotopic (exact) mass is 247 g/mol. The van der Waals surface area contributed by atoms with Crippen molar-refractivity contribution in [2.75, 3.05) is 17.2 Å². The molecule has 1 aromatic carbocycles. The Hall–Kier alpha value is -1.29. The highest BCUT2D eigenvalue weighted by molar-refractivity contribution is 7.22. The number of nitrogens with zero attached hydrogens (tertiary/aromatic N) is 2. The smallest absolute Gasteiger partial charge is 0.186 e. The summed E-state index contributed by atoms with van der Waals surface area (Å²) in [6, 6.07) is 6.57. The zero-order chi connectivity index (χ0) is 11.8. The Morgan fingerprint density at radius 3 is 3.12 bits per heavy atom. The van der Waals surface area contributed by atoms with E-state index in [4.69, 9.17) is 10.7 Å². The molecule has 0 aliphatic carbocycles. The average Bonchev–Trinajstić information content (AvgIpc) is 2.72. The summed E-state index contributed by atoms with van der Waals surface area (Å²) in [6.07, 6.45) is 3.90. The van der Waals surface area contributed by atoms with Gasteiger partial charge in [-0.05, 0) is 44.4 Å². The van der Waals surface area contributed by atoms with Crippen LogP contribution >= 0.6 is 11.3 Å². The van der Waals surface area contributed by atoms with Crippen LogP contribution in [0.4, 0.5) is 10.8 Å². The number of hydrogen-bond donors (Lipinski definition) is 1. The Bertz CT molecular complexity index is 534. The molecule has 90 valence electrons. The minimum absolute atomic E-state index is 0.613. The van der Waals surface area contributed by atoms with Crippen molar-refractivity contribution in [3.05, 3.63) is 18.2 Å². The second kappa shape index (κ2) is 4.18. The maximum atomic E-state index is 5.80. The summed E-state index contributed by atoms with van der Waals surface area (Å²) in [7, 11) is 0. The first-order chi connectivity index (χ1) is 8.24. The molecule has 0 bridgehead atoms. The molecule has 1 unspecified atom stereocenters. The minimum atomic E-state index is 0.613. The van der Waals surface area contributed by atoms with Crippen LogP contribution in [0.1, 0.15) is 26.2 Å². The normalized spacial score (nSPS) is 21.0. The molecule has 2 heterocycles. The van der Waals surface area contributed by atoms with E-state index < -0.39 is 0 Å². The van der Waals surface area contributed by atoms with Gasteiger partial charge in [0.2, 0.25) is 0 Å². The van der Waals surface area contributed by atoms with Crippen molar-refractivity contribution in [1.29, 1.82) is 0 Å². The van der Waals surface area contributed by atoms with Gasteiger partial charge in [0.15, 0.2) is 5.13 Å². The van der Waals surface area contributed by atoms with Crippen molar-refractivity contribution < 1.29 is 0 Å². The van der Waals surface area contributed by atoms with E-state index in [0.29, 0.717) is 6.04 Å². The summed E-state index contributed by atoms with van der Waals surface area (Å²) in [6.45, 7) is 3.43. The van der Waals surface area contributed by atoms with Gasteiger partial charge in [0.05, 0.1) is 10.2 Å². The van der Waals surface area contributed by atoms with Crippen LogP contribution in [-0.2, 0) is 0 Å². The minimum Gasteiger partial charge on any atom is -0.399 e. The largest absolute Gasteiger partial charge is 0.399 e. The molecule has 1 aliphatic heterocycles. The molecule has 0 saturated carbocycles. The summed E-state index contributed by atoms with van der Waals surface area (Å²) in [4.78, 5) is 7.15. The van der Waals surface area contributed by atoms with Crippen molar-refractivity contribution >= 4 is 32.4 Å². The molecule has 0 spiro atoms. The number of thiazole rings is 1. The molecule has 4 heteroatoms. The highest BCUT2D eigenvalue weighted by Crippen LogP contribution is 2.33. The fourth-order valence-corrected chi connectivity index (χ4v) is 3.58. The highest BCUT2D eigenvalue weighted by Gasteiger charge is 2.21. The van der Waals surface area contributed by atoms with E-state index in [0.717, 1.165) is 22.9 Å². The van der Waals surface area contributed by atoms with Crippen LogP contribution < -0.4 is 10.6 Å². The third kappa shape index (κ3) is 1.97. The fraction of sp³-hybridized carbons (Fsp3) is 0.462. The molecule has 1 aliphatic rings. The van der Waals surface area contributed by atoms with Crippen LogP contribution in [0.5, 0.6) is 0 Å². The molecule has 1 aromatic heterocycles. The molecule has 1 saturated heterocycles. The van der Waals surface area contributed by atoms with E-state index in [2.05, 4.69) is 11.8 Å². The predicted molar refractivity (Wildman–Crippen MR) is 74.7 cm³/mol. The van der Waals surface area contributed by atoms with Crippen LogP contribution in [-0.4, -0.2) is 17.6 Å². The molecular weight excluding hydrogens is 230 g/mol. The summed E-state index contributed by atoms with van der Waals surface area (Å²) in [5, 5.41) is 1.15. The molecular formula is C13H17N3S. The van der Waals surface area contributed by atoms with Crippen molar-refractivity contribution in [2.45, 2.75) is 32.2 Å². The van der Waals surface area contributed by atoms with E-state index in [-0.39, 0.29) is 0 Å². The van der Waals surface area contributed by atoms with Crippen molar-refractivity contribution in [3.63, 3.8) is 0 Å². The van der Waals surface area contributed by atoms with Gasteiger partial charge in [0, 0.05) is 18.3 Å². The number of nitrogens with two attached hydrogens (primary N) is 1. The number of piperidine rings is 1. The fourth-order valence-electron chi connectivity index (χ4n) is 2.43. The summed E-state index contributed by atoms with van der Waals surface area (Å²) >= 11 is 1.76. The average molecular weight is 247 g/mol. The Morgan fingerprint density at radius 1 is 1.41 bits per heavy atom. The maximum Gasteiger partial charge on any atom is 0.186 e. The zero-order valence-electron chi connectivity index (χ0n) is 10.0. The van der Waals surface area contributed by atoms with E-state index in [1.54, 1.807) is 11.3 Å². The standard InChI is InChI=1S/C13H17N3S/c1-9-4-2-3-7-16(9)13-15-11-6-5-10(14)8-12(11)17-13/h5-6,8-9H,2-4,7,14H2,1H3. The Morgan fingerprint density at radius 2 is 2.29 bits per heavy atom. The molecule has 2 N–H and O–H groups in total. The van der Waals surface area contributed by atoms with Crippen molar-refractivity contribution in [1.82, 2.24) is 4.98 Å². The lowest BCUT2D eigenvalue weighted by Crippen LogP contribution is -2.37. The molecule has 1 fully saturated rings. The first-order valence-corrected chi connectivity index (χ1v) is 6.98. The molecule has 2 aromatic rings. The molecule has 1 atom stereocenters. The number of rotatable bonds is 1. The van der Waals surface area contributed by atoms with Crippen molar-refractivity contribution in [3.8, 4) is 0 Å². The lowest BCUT2D eigenvalue weighted by atomic mass is 10.1. The topological polar surface area (TPSA) is 42.2 Å². The van der Waals surface area contributed by atoms with Crippen LogP contribution in [0.25, 0.3) is 10.2 Å². The second-order valence-electron chi connectivity index (χ2n) is 4.76. The highest BCUT2D eigenvalue weighted by atomic mass is 32.1. The third-order valence-corrected chi connectivity index (χ3v) is 4.51. The number of anilines is 2. The van der Waals surface area contributed by atoms with Crippen LogP contribution in [0, 0.1) is 0 Å². The van der Waals surface area contributed by atoms with Crippen LogP contribution in [0.2, 0.25) is 0 Å². The quantitative estimate of drug-likeness (QED) is 0.786. The van der Waals surface area contributed by atoms with E-state index in [1.165, 1.54) is 24.0 Å². The van der Waals surface area contributed by atoms with Gasteiger partial charge < -0.3 is 10.6 Å². The lowest BCUT2D eigenvalue weighted by Gasteiger charge is -2.32. The molecule has 17 heavy (non-hydrogen) atoms. The molecule has 3 rings (SSSR count). The van der Waals surface area contributed by atoms with Crippen molar-refractivity contribution in [2.24, 2.45) is 0 Å². The Kier molecular flexibility index (Phi) is 2.67. The van der Waals surface area contributed by atoms with Gasteiger partial charge >= 0.3 is 0 Å². The van der Waals surface area contributed by atoms with E-state index in [9.17, 15) is 0 Å². The Labute approximate surface area is 105 Å².